The third-order valence-electron chi connectivity index (χ3n) is 5.31. The van der Waals surface area contributed by atoms with E-state index >= 15 is 0 Å². The molecular formula is C28H29N3O2. The Kier molecular flexibility index (Phi) is 8.91. The molecule has 3 atom stereocenters. The van der Waals surface area contributed by atoms with Crippen LogP contribution >= 0.6 is 0 Å². The Morgan fingerprint density at radius 1 is 0.545 bits per heavy atom. The van der Waals surface area contributed by atoms with Crippen molar-refractivity contribution in [1.82, 2.24) is 0 Å². The van der Waals surface area contributed by atoms with Crippen molar-refractivity contribution in [2.45, 2.75) is 18.2 Å². The Balaban J connectivity index is 0.000000186. The molecule has 0 aliphatic carbocycles. The molecule has 4 aromatic carbocycles. The van der Waals surface area contributed by atoms with Gasteiger partial charge in [-0.1, -0.05) is 126 Å². The molecule has 0 fully saturated rings. The molecule has 4 aromatic rings. The molecule has 0 aromatic heterocycles. The molecule has 168 valence electrons. The number of hydrogen-bond acceptors (Lipinski definition) is 5. The predicted molar refractivity (Wildman–Crippen MR) is 133 cm³/mol. The lowest BCUT2D eigenvalue weighted by atomic mass is 9.95. The summed E-state index contributed by atoms with van der Waals surface area (Å²) >= 11 is 0. The van der Waals surface area contributed by atoms with E-state index in [0.717, 1.165) is 11.1 Å². The van der Waals surface area contributed by atoms with Crippen molar-refractivity contribution in [1.29, 1.82) is 0 Å². The summed E-state index contributed by atoms with van der Waals surface area (Å²) in [5.74, 6) is 0. The molecule has 0 radical (unpaired) electrons. The van der Waals surface area contributed by atoms with Crippen LogP contribution in [0.5, 0.6) is 0 Å². The van der Waals surface area contributed by atoms with Crippen molar-refractivity contribution in [3.05, 3.63) is 144 Å². The van der Waals surface area contributed by atoms with Crippen molar-refractivity contribution in [2.24, 2.45) is 16.6 Å². The zero-order valence-corrected chi connectivity index (χ0v) is 18.3. The number of nitrogens with zero attached hydrogens (tertiary/aromatic N) is 1. The second-order valence-corrected chi connectivity index (χ2v) is 7.54. The van der Waals surface area contributed by atoms with Crippen molar-refractivity contribution in [3.63, 3.8) is 0 Å². The van der Waals surface area contributed by atoms with Gasteiger partial charge in [0.25, 0.3) is 0 Å². The van der Waals surface area contributed by atoms with Crippen LogP contribution in [0.2, 0.25) is 0 Å². The largest absolute Gasteiger partial charge is 0.411 e. The van der Waals surface area contributed by atoms with Gasteiger partial charge >= 0.3 is 0 Å². The van der Waals surface area contributed by atoms with E-state index in [1.807, 2.05) is 97.1 Å². The molecule has 6 N–H and O–H groups in total. The zero-order chi connectivity index (χ0) is 23.5. The highest BCUT2D eigenvalue weighted by molar-refractivity contribution is 6.03. The molecular weight excluding hydrogens is 410 g/mol. The van der Waals surface area contributed by atoms with E-state index in [2.05, 4.69) is 5.16 Å². The van der Waals surface area contributed by atoms with Gasteiger partial charge < -0.3 is 21.8 Å². The van der Waals surface area contributed by atoms with Crippen LogP contribution in [-0.2, 0) is 0 Å². The minimum atomic E-state index is -0.927. The number of rotatable bonds is 6. The molecule has 1 unspecified atom stereocenters. The monoisotopic (exact) mass is 439 g/mol. The van der Waals surface area contributed by atoms with Gasteiger partial charge in [0.05, 0.1) is 0 Å². The molecule has 0 heterocycles. The van der Waals surface area contributed by atoms with Gasteiger partial charge in [0.1, 0.15) is 11.8 Å². The van der Waals surface area contributed by atoms with E-state index in [4.69, 9.17) is 16.7 Å². The summed E-state index contributed by atoms with van der Waals surface area (Å²) in [7, 11) is 0. The Morgan fingerprint density at radius 3 is 1.24 bits per heavy atom. The number of aliphatic hydroxyl groups excluding tert-OH is 1. The Labute approximate surface area is 194 Å². The van der Waals surface area contributed by atoms with Crippen LogP contribution in [0.1, 0.15) is 40.4 Å². The summed E-state index contributed by atoms with van der Waals surface area (Å²) < 4.78 is 0. The van der Waals surface area contributed by atoms with Crippen LogP contribution in [0.4, 0.5) is 0 Å². The van der Waals surface area contributed by atoms with Crippen LogP contribution in [-0.4, -0.2) is 16.0 Å². The third-order valence-corrected chi connectivity index (χ3v) is 5.31. The molecule has 0 saturated heterocycles. The normalized spacial score (nSPS) is 13.8. The molecule has 0 aliphatic rings. The van der Waals surface area contributed by atoms with Crippen molar-refractivity contribution < 1.29 is 10.3 Å². The van der Waals surface area contributed by atoms with E-state index in [1.165, 1.54) is 0 Å². The predicted octanol–water partition coefficient (Wildman–Crippen LogP) is 4.98. The van der Waals surface area contributed by atoms with Gasteiger partial charge in [-0.3, -0.25) is 0 Å². The topological polar surface area (TPSA) is 105 Å². The van der Waals surface area contributed by atoms with Crippen molar-refractivity contribution in [3.8, 4) is 0 Å². The number of aliphatic hydroxyl groups is 1. The first-order valence-corrected chi connectivity index (χ1v) is 10.7. The molecule has 0 spiro atoms. The fourth-order valence-corrected chi connectivity index (χ4v) is 3.44. The summed E-state index contributed by atoms with van der Waals surface area (Å²) in [5.41, 5.74) is 16.1. The smallest absolute Gasteiger partial charge is 0.125 e. The lowest BCUT2D eigenvalue weighted by molar-refractivity contribution is 0.235. The van der Waals surface area contributed by atoms with Crippen LogP contribution in [0, 0.1) is 0 Å². The van der Waals surface area contributed by atoms with Crippen LogP contribution < -0.4 is 11.5 Å². The Hall–Kier alpha value is -3.77. The molecule has 5 heteroatoms. The van der Waals surface area contributed by atoms with Crippen LogP contribution in [0.3, 0.4) is 0 Å². The highest BCUT2D eigenvalue weighted by atomic mass is 16.4. The standard InChI is InChI=1S/C14H16N2.C14H13NO2/c15-13(11-7-3-1-4-8-11)14(16)12-9-5-2-6-10-12;16-14(12-9-5-2-6-10-12)13(15-17)11-7-3-1-4-8-11/h1-10,13-14H,15-16H2;1-10,14,16-17H/t13-,14-;/m0./s1. The SMILES string of the molecule is N[C@@H](c1ccccc1)[C@@H](N)c1ccccc1.ON=C(c1ccccc1)C(O)c1ccccc1. The maximum atomic E-state index is 10.1. The van der Waals surface area contributed by atoms with E-state index < -0.39 is 6.10 Å². The highest BCUT2D eigenvalue weighted by Crippen LogP contribution is 2.24. The molecule has 0 bridgehead atoms. The van der Waals surface area contributed by atoms with Gasteiger partial charge in [-0.2, -0.15) is 0 Å². The minimum Gasteiger partial charge on any atom is -0.411 e. The highest BCUT2D eigenvalue weighted by Gasteiger charge is 2.17. The van der Waals surface area contributed by atoms with Gasteiger partial charge in [-0.25, -0.2) is 0 Å². The molecule has 33 heavy (non-hydrogen) atoms. The number of hydrogen-bond donors (Lipinski definition) is 4. The third kappa shape index (κ3) is 6.60. The quantitative estimate of drug-likeness (QED) is 0.193. The Morgan fingerprint density at radius 2 is 0.879 bits per heavy atom. The fraction of sp³-hybridized carbons (Fsp3) is 0.107. The van der Waals surface area contributed by atoms with E-state index in [-0.39, 0.29) is 17.8 Å². The molecule has 0 amide bonds. The summed E-state index contributed by atoms with van der Waals surface area (Å²) in [6.45, 7) is 0. The summed E-state index contributed by atoms with van der Waals surface area (Å²) in [4.78, 5) is 0. The average Bonchev–Trinajstić information content (AvgIpc) is 2.90. The van der Waals surface area contributed by atoms with Crippen LogP contribution in [0.25, 0.3) is 0 Å². The maximum absolute atomic E-state index is 10.1. The maximum Gasteiger partial charge on any atom is 0.125 e. The summed E-state index contributed by atoms with van der Waals surface area (Å²) in [5, 5.41) is 22.4. The van der Waals surface area contributed by atoms with Gasteiger partial charge in [0.15, 0.2) is 0 Å². The van der Waals surface area contributed by atoms with Gasteiger partial charge in [0.2, 0.25) is 0 Å². The van der Waals surface area contributed by atoms with Crippen LogP contribution in [0.15, 0.2) is 126 Å². The van der Waals surface area contributed by atoms with Gasteiger partial charge in [0, 0.05) is 17.6 Å². The average molecular weight is 440 g/mol. The summed E-state index contributed by atoms with van der Waals surface area (Å²) in [6, 6.07) is 37.8. The zero-order valence-electron chi connectivity index (χ0n) is 18.3. The second kappa shape index (κ2) is 12.3. The number of benzene rings is 4. The second-order valence-electron chi connectivity index (χ2n) is 7.54. The van der Waals surface area contributed by atoms with Crippen molar-refractivity contribution in [2.75, 3.05) is 0 Å². The lowest BCUT2D eigenvalue weighted by Crippen LogP contribution is -2.26. The van der Waals surface area contributed by atoms with E-state index in [1.54, 1.807) is 24.3 Å². The summed E-state index contributed by atoms with van der Waals surface area (Å²) in [6.07, 6.45) is -0.927. The van der Waals surface area contributed by atoms with Crippen molar-refractivity contribution >= 4 is 5.71 Å². The molecule has 5 nitrogen and oxygen atoms in total. The first-order chi connectivity index (χ1) is 16.1. The van der Waals surface area contributed by atoms with Gasteiger partial charge in [-0.05, 0) is 16.7 Å². The molecule has 0 saturated carbocycles. The minimum absolute atomic E-state index is 0.163. The van der Waals surface area contributed by atoms with E-state index in [0.29, 0.717) is 11.1 Å². The molecule has 4 rings (SSSR count). The lowest BCUT2D eigenvalue weighted by Gasteiger charge is -2.20. The Bertz CT molecular complexity index is 1060. The molecule has 0 aliphatic heterocycles. The first-order valence-electron chi connectivity index (χ1n) is 10.7. The van der Waals surface area contributed by atoms with E-state index in [9.17, 15) is 5.11 Å². The number of nitrogens with two attached hydrogens (primary N) is 2. The fourth-order valence-electron chi connectivity index (χ4n) is 3.44. The number of oxime groups is 1. The first kappa shape index (κ1) is 23.9. The van der Waals surface area contributed by atoms with Gasteiger partial charge in [-0.15, -0.1) is 0 Å².